The molecular formula is C16H25N3O4S2. The molecule has 0 aliphatic carbocycles. The first kappa shape index (κ1) is 20.2. The molecule has 1 aliphatic rings. The van der Waals surface area contributed by atoms with E-state index in [2.05, 4.69) is 10.3 Å². The minimum Gasteiger partial charge on any atom is -0.476 e. The molecule has 0 aromatic carbocycles. The fraction of sp³-hybridized carbons (Fsp3) is 0.688. The van der Waals surface area contributed by atoms with E-state index in [1.165, 1.54) is 23.1 Å². The highest BCUT2D eigenvalue weighted by molar-refractivity contribution is 8.01. The number of thiazole rings is 1. The van der Waals surface area contributed by atoms with Crippen LogP contribution in [0.4, 0.5) is 0 Å². The van der Waals surface area contributed by atoms with Gasteiger partial charge < -0.3 is 20.1 Å². The summed E-state index contributed by atoms with van der Waals surface area (Å²) in [5, 5.41) is 13.8. The average Bonchev–Trinajstić information content (AvgIpc) is 3.19. The first-order chi connectivity index (χ1) is 12.1. The molecule has 1 aromatic rings. The molecule has 140 valence electrons. The van der Waals surface area contributed by atoms with Gasteiger partial charge in [0.05, 0.1) is 0 Å². The Morgan fingerprint density at radius 3 is 3.16 bits per heavy atom. The molecule has 1 amide bonds. The number of rotatable bonds is 12. The molecule has 0 radical (unpaired) electrons. The Bertz CT molecular complexity index is 567. The second-order valence-electron chi connectivity index (χ2n) is 5.69. The lowest BCUT2D eigenvalue weighted by Crippen LogP contribution is -2.41. The number of aromatic nitrogens is 1. The number of carboxylic acid groups (broad SMARTS) is 1. The molecule has 2 heterocycles. The van der Waals surface area contributed by atoms with Crippen LogP contribution < -0.4 is 5.32 Å². The predicted octanol–water partition coefficient (Wildman–Crippen LogP) is 1.94. The number of amides is 1. The third kappa shape index (κ3) is 6.58. The highest BCUT2D eigenvalue weighted by Gasteiger charge is 2.30. The lowest BCUT2D eigenvalue weighted by Gasteiger charge is -2.25. The Labute approximate surface area is 156 Å². The molecule has 0 spiro atoms. The summed E-state index contributed by atoms with van der Waals surface area (Å²) in [5.41, 5.74) is 0.0823. The zero-order valence-electron chi connectivity index (χ0n) is 14.4. The van der Waals surface area contributed by atoms with Gasteiger partial charge >= 0.3 is 5.97 Å². The normalized spacial score (nSPS) is 17.4. The number of thioether (sulfide) groups is 1. The summed E-state index contributed by atoms with van der Waals surface area (Å²) in [4.78, 5) is 28.9. The van der Waals surface area contributed by atoms with Crippen LogP contribution in [0, 0.1) is 0 Å². The maximum atomic E-state index is 12.1. The quantitative estimate of drug-likeness (QED) is 0.418. The summed E-state index contributed by atoms with van der Waals surface area (Å²) in [6.07, 6.45) is 2.47. The molecule has 1 atom stereocenters. The lowest BCUT2D eigenvalue weighted by molar-refractivity contribution is -0.128. The van der Waals surface area contributed by atoms with Gasteiger partial charge in [-0.25, -0.2) is 9.78 Å². The first-order valence-electron chi connectivity index (χ1n) is 8.51. The van der Waals surface area contributed by atoms with Gasteiger partial charge in [0.1, 0.15) is 0 Å². The summed E-state index contributed by atoms with van der Waals surface area (Å²) in [5.74, 6) is -0.0838. The van der Waals surface area contributed by atoms with Gasteiger partial charge in [-0.3, -0.25) is 4.79 Å². The van der Waals surface area contributed by atoms with Crippen LogP contribution >= 0.6 is 23.1 Å². The second kappa shape index (κ2) is 10.7. The van der Waals surface area contributed by atoms with Crippen molar-refractivity contribution < 1.29 is 19.4 Å². The highest BCUT2D eigenvalue weighted by Crippen LogP contribution is 2.24. The zero-order valence-corrected chi connectivity index (χ0v) is 16.0. The highest BCUT2D eigenvalue weighted by atomic mass is 32.2. The van der Waals surface area contributed by atoms with Crippen LogP contribution in [-0.4, -0.2) is 71.5 Å². The van der Waals surface area contributed by atoms with Crippen LogP contribution in [-0.2, 0) is 9.53 Å². The first-order valence-corrected chi connectivity index (χ1v) is 10.4. The number of nitrogens with one attached hydrogen (secondary N) is 1. The Hall–Kier alpha value is -1.16. The number of hydrogen-bond donors (Lipinski definition) is 2. The molecule has 0 bridgehead atoms. The van der Waals surface area contributed by atoms with Gasteiger partial charge in [0.2, 0.25) is 5.91 Å². The summed E-state index contributed by atoms with van der Waals surface area (Å²) >= 11 is 2.83. The molecule has 9 heteroatoms. The van der Waals surface area contributed by atoms with E-state index >= 15 is 0 Å². The van der Waals surface area contributed by atoms with Crippen molar-refractivity contribution >= 4 is 35.0 Å². The van der Waals surface area contributed by atoms with Crippen molar-refractivity contribution in [3.8, 4) is 0 Å². The summed E-state index contributed by atoms with van der Waals surface area (Å²) in [6, 6.07) is 0.242. The number of carbonyl (C=O) groups excluding carboxylic acids is 1. The molecule has 2 rings (SSSR count). The van der Waals surface area contributed by atoms with Gasteiger partial charge in [-0.1, -0.05) is 11.8 Å². The lowest BCUT2D eigenvalue weighted by atomic mass is 10.2. The summed E-state index contributed by atoms with van der Waals surface area (Å²) in [6.45, 7) is 5.86. The minimum absolute atomic E-state index is 0.0823. The number of hydrogen-bond acceptors (Lipinski definition) is 7. The van der Waals surface area contributed by atoms with E-state index in [4.69, 9.17) is 9.84 Å². The number of carboxylic acids is 1. The van der Waals surface area contributed by atoms with Crippen molar-refractivity contribution in [2.75, 3.05) is 38.6 Å². The Balaban J connectivity index is 1.69. The molecule has 1 aliphatic heterocycles. The molecule has 1 aromatic heterocycles. The molecule has 7 nitrogen and oxygen atoms in total. The number of likely N-dealkylation sites (tertiary alicyclic amines) is 1. The van der Waals surface area contributed by atoms with Gasteiger partial charge in [-0.15, -0.1) is 11.3 Å². The Kier molecular flexibility index (Phi) is 8.66. The summed E-state index contributed by atoms with van der Waals surface area (Å²) < 4.78 is 6.04. The predicted molar refractivity (Wildman–Crippen MR) is 98.5 cm³/mol. The van der Waals surface area contributed by atoms with E-state index in [1.807, 2.05) is 11.8 Å². The molecule has 25 heavy (non-hydrogen) atoms. The SMILES string of the molecule is CCOCCCNCC1CCC(=O)N1CCSc1nc(C(=O)O)cs1. The number of aromatic carboxylic acids is 1. The van der Waals surface area contributed by atoms with Crippen molar-refractivity contribution in [3.63, 3.8) is 0 Å². The largest absolute Gasteiger partial charge is 0.476 e. The van der Waals surface area contributed by atoms with Crippen molar-refractivity contribution in [3.05, 3.63) is 11.1 Å². The maximum absolute atomic E-state index is 12.1. The topological polar surface area (TPSA) is 91.8 Å². The molecule has 0 saturated carbocycles. The molecule has 2 N–H and O–H groups in total. The fourth-order valence-electron chi connectivity index (χ4n) is 2.68. The van der Waals surface area contributed by atoms with Gasteiger partial charge in [-0.05, 0) is 26.3 Å². The van der Waals surface area contributed by atoms with E-state index < -0.39 is 5.97 Å². The van der Waals surface area contributed by atoms with Gasteiger partial charge in [0.25, 0.3) is 0 Å². The fourth-order valence-corrected chi connectivity index (χ4v) is 4.49. The average molecular weight is 388 g/mol. The van der Waals surface area contributed by atoms with Crippen molar-refractivity contribution in [2.45, 2.75) is 36.6 Å². The maximum Gasteiger partial charge on any atom is 0.355 e. The number of carbonyl (C=O) groups is 2. The van der Waals surface area contributed by atoms with E-state index in [0.717, 1.165) is 49.2 Å². The van der Waals surface area contributed by atoms with Crippen LogP contribution in [0.1, 0.15) is 36.7 Å². The van der Waals surface area contributed by atoms with E-state index in [1.54, 1.807) is 5.38 Å². The Morgan fingerprint density at radius 1 is 1.60 bits per heavy atom. The number of nitrogens with zero attached hydrogens (tertiary/aromatic N) is 2. The van der Waals surface area contributed by atoms with Crippen LogP contribution in [0.3, 0.4) is 0 Å². The second-order valence-corrected chi connectivity index (χ2v) is 7.89. The van der Waals surface area contributed by atoms with Crippen molar-refractivity contribution in [2.24, 2.45) is 0 Å². The van der Waals surface area contributed by atoms with Crippen LogP contribution in [0.5, 0.6) is 0 Å². The third-order valence-electron chi connectivity index (χ3n) is 3.94. The van der Waals surface area contributed by atoms with E-state index in [9.17, 15) is 9.59 Å². The van der Waals surface area contributed by atoms with Crippen molar-refractivity contribution in [1.29, 1.82) is 0 Å². The monoisotopic (exact) mass is 387 g/mol. The van der Waals surface area contributed by atoms with E-state index in [0.29, 0.717) is 13.0 Å². The zero-order chi connectivity index (χ0) is 18.1. The van der Waals surface area contributed by atoms with Crippen LogP contribution in [0.15, 0.2) is 9.72 Å². The van der Waals surface area contributed by atoms with E-state index in [-0.39, 0.29) is 17.6 Å². The number of ether oxygens (including phenoxy) is 1. The Morgan fingerprint density at radius 2 is 2.44 bits per heavy atom. The van der Waals surface area contributed by atoms with Crippen molar-refractivity contribution in [1.82, 2.24) is 15.2 Å². The summed E-state index contributed by atoms with van der Waals surface area (Å²) in [7, 11) is 0. The molecular weight excluding hydrogens is 362 g/mol. The molecule has 1 unspecified atom stereocenters. The van der Waals surface area contributed by atoms with Gasteiger partial charge in [-0.2, -0.15) is 0 Å². The van der Waals surface area contributed by atoms with Crippen LogP contribution in [0.2, 0.25) is 0 Å². The minimum atomic E-state index is -1.01. The van der Waals surface area contributed by atoms with Crippen LogP contribution in [0.25, 0.3) is 0 Å². The smallest absolute Gasteiger partial charge is 0.355 e. The van der Waals surface area contributed by atoms with Gasteiger partial charge in [0, 0.05) is 49.9 Å². The van der Waals surface area contributed by atoms with Gasteiger partial charge in [0.15, 0.2) is 10.0 Å². The standard InChI is InChI=1S/C16H25N3O4S2/c1-2-23-8-3-6-17-10-12-4-5-14(20)19(12)7-9-24-16-18-13(11-25-16)15(21)22/h11-12,17H,2-10H2,1H3,(H,21,22). The third-order valence-corrected chi connectivity index (χ3v) is 5.94. The molecule has 1 fully saturated rings. The molecule has 1 saturated heterocycles.